The van der Waals surface area contributed by atoms with Crippen LogP contribution in [0.5, 0.6) is 0 Å². The Balaban J connectivity index is 1.44. The van der Waals surface area contributed by atoms with E-state index in [-0.39, 0.29) is 11.8 Å². The predicted octanol–water partition coefficient (Wildman–Crippen LogP) is 3.51. The van der Waals surface area contributed by atoms with Crippen LogP contribution in [-0.4, -0.2) is 37.5 Å². The monoisotopic (exact) mass is 377 g/mol. The highest BCUT2D eigenvalue weighted by Gasteiger charge is 2.18. The third kappa shape index (κ3) is 5.13. The topological polar surface area (TPSA) is 61.4 Å². The van der Waals surface area contributed by atoms with Crippen LogP contribution in [0.3, 0.4) is 0 Å². The van der Waals surface area contributed by atoms with Crippen LogP contribution in [0.25, 0.3) is 0 Å². The zero-order valence-corrected chi connectivity index (χ0v) is 16.0. The fourth-order valence-corrected chi connectivity index (χ4v) is 4.10. The van der Waals surface area contributed by atoms with E-state index in [9.17, 15) is 9.59 Å². The Kier molecular flexibility index (Phi) is 6.78. The maximum Gasteiger partial charge on any atom is 0.251 e. The molecular formula is C20H28ClN3O2. The first-order chi connectivity index (χ1) is 12.6. The van der Waals surface area contributed by atoms with Gasteiger partial charge in [-0.3, -0.25) is 9.59 Å². The van der Waals surface area contributed by atoms with E-state index in [1.807, 2.05) is 6.07 Å². The molecule has 0 aromatic heterocycles. The Labute approximate surface area is 160 Å². The second-order valence-electron chi connectivity index (χ2n) is 7.27. The molecule has 1 aliphatic carbocycles. The number of nitrogens with one attached hydrogen (secondary N) is 2. The van der Waals surface area contributed by atoms with Crippen molar-refractivity contribution in [1.29, 1.82) is 0 Å². The number of carbonyl (C=O) groups excluding carboxylic acids is 2. The van der Waals surface area contributed by atoms with Crippen LogP contribution < -0.4 is 15.5 Å². The minimum Gasteiger partial charge on any atom is -0.370 e. The lowest BCUT2D eigenvalue weighted by molar-refractivity contribution is -0.121. The molecule has 6 heteroatoms. The number of carbonyl (C=O) groups is 2. The van der Waals surface area contributed by atoms with E-state index in [0.29, 0.717) is 29.6 Å². The largest absolute Gasteiger partial charge is 0.370 e. The number of halogens is 1. The van der Waals surface area contributed by atoms with Crippen molar-refractivity contribution in [2.45, 2.75) is 57.4 Å². The van der Waals surface area contributed by atoms with Crippen molar-refractivity contribution < 1.29 is 9.59 Å². The maximum absolute atomic E-state index is 12.3. The van der Waals surface area contributed by atoms with E-state index in [2.05, 4.69) is 15.5 Å². The van der Waals surface area contributed by atoms with Crippen molar-refractivity contribution in [3.05, 3.63) is 28.8 Å². The van der Waals surface area contributed by atoms with Crippen LogP contribution in [0.1, 0.15) is 61.7 Å². The molecule has 2 N–H and O–H groups in total. The molecule has 0 atom stereocenters. The first kappa shape index (κ1) is 19.0. The molecule has 0 radical (unpaired) electrons. The maximum atomic E-state index is 12.3. The van der Waals surface area contributed by atoms with Gasteiger partial charge in [0.15, 0.2) is 0 Å². The Bertz CT molecular complexity index is 638. The van der Waals surface area contributed by atoms with Crippen LogP contribution >= 0.6 is 11.6 Å². The smallest absolute Gasteiger partial charge is 0.251 e. The molecule has 1 saturated carbocycles. The minimum atomic E-state index is -0.190. The number of anilines is 1. The second kappa shape index (κ2) is 9.26. The van der Waals surface area contributed by atoms with Gasteiger partial charge in [0.1, 0.15) is 0 Å². The lowest BCUT2D eigenvalue weighted by atomic mass is 9.95. The van der Waals surface area contributed by atoms with Gasteiger partial charge in [0.25, 0.3) is 5.91 Å². The Hall–Kier alpha value is -1.75. The fraction of sp³-hybridized carbons (Fsp3) is 0.600. The van der Waals surface area contributed by atoms with E-state index >= 15 is 0 Å². The number of amides is 2. The highest BCUT2D eigenvalue weighted by molar-refractivity contribution is 6.33. The normalized spacial score (nSPS) is 18.0. The van der Waals surface area contributed by atoms with Crippen LogP contribution in [0.4, 0.5) is 5.69 Å². The van der Waals surface area contributed by atoms with Crippen LogP contribution in [0.2, 0.25) is 5.02 Å². The van der Waals surface area contributed by atoms with Crippen molar-refractivity contribution in [2.24, 2.45) is 0 Å². The fourth-order valence-electron chi connectivity index (χ4n) is 3.80. The number of hydrogen-bond acceptors (Lipinski definition) is 3. The molecule has 3 rings (SSSR count). The van der Waals surface area contributed by atoms with Gasteiger partial charge in [-0.15, -0.1) is 0 Å². The van der Waals surface area contributed by atoms with Gasteiger partial charge < -0.3 is 15.5 Å². The third-order valence-electron chi connectivity index (χ3n) is 5.26. The minimum absolute atomic E-state index is 0.0135. The summed E-state index contributed by atoms with van der Waals surface area (Å²) in [7, 11) is 0. The zero-order chi connectivity index (χ0) is 18.4. The first-order valence-corrected chi connectivity index (χ1v) is 10.1. The summed E-state index contributed by atoms with van der Waals surface area (Å²) in [6, 6.07) is 5.74. The number of hydrogen-bond donors (Lipinski definition) is 2. The molecule has 0 bridgehead atoms. The summed E-state index contributed by atoms with van der Waals surface area (Å²) >= 11 is 6.36. The lowest BCUT2D eigenvalue weighted by Gasteiger charge is -2.22. The average Bonchev–Trinajstić information content (AvgIpc) is 3.16. The zero-order valence-electron chi connectivity index (χ0n) is 15.2. The van der Waals surface area contributed by atoms with Crippen molar-refractivity contribution in [3.63, 3.8) is 0 Å². The number of nitrogens with zero attached hydrogens (tertiary/aromatic N) is 1. The number of benzene rings is 1. The van der Waals surface area contributed by atoms with Gasteiger partial charge in [-0.1, -0.05) is 30.9 Å². The summed E-state index contributed by atoms with van der Waals surface area (Å²) in [6.07, 6.45) is 8.46. The molecule has 2 amide bonds. The van der Waals surface area contributed by atoms with Gasteiger partial charge in [-0.05, 0) is 43.9 Å². The molecule has 1 saturated heterocycles. The average molecular weight is 378 g/mol. The van der Waals surface area contributed by atoms with Gasteiger partial charge >= 0.3 is 0 Å². The van der Waals surface area contributed by atoms with Gasteiger partial charge in [-0.25, -0.2) is 0 Å². The molecule has 2 aliphatic rings. The Morgan fingerprint density at radius 3 is 2.50 bits per heavy atom. The third-order valence-corrected chi connectivity index (χ3v) is 5.57. The van der Waals surface area contributed by atoms with E-state index < -0.39 is 0 Å². The molecule has 26 heavy (non-hydrogen) atoms. The summed E-state index contributed by atoms with van der Waals surface area (Å²) in [6.45, 7) is 2.37. The van der Waals surface area contributed by atoms with Gasteiger partial charge in [-0.2, -0.15) is 0 Å². The summed E-state index contributed by atoms with van der Waals surface area (Å²) in [4.78, 5) is 26.5. The van der Waals surface area contributed by atoms with Crippen molar-refractivity contribution in [3.8, 4) is 0 Å². The Morgan fingerprint density at radius 2 is 1.81 bits per heavy atom. The summed E-state index contributed by atoms with van der Waals surface area (Å²) in [5, 5.41) is 6.48. The lowest BCUT2D eigenvalue weighted by Crippen LogP contribution is -2.38. The highest BCUT2D eigenvalue weighted by atomic mass is 35.5. The van der Waals surface area contributed by atoms with E-state index in [4.69, 9.17) is 11.6 Å². The van der Waals surface area contributed by atoms with Crippen molar-refractivity contribution >= 4 is 29.1 Å². The molecular weight excluding hydrogens is 350 g/mol. The van der Waals surface area contributed by atoms with Crippen LogP contribution in [0.15, 0.2) is 18.2 Å². The van der Waals surface area contributed by atoms with Gasteiger partial charge in [0.2, 0.25) is 5.91 Å². The first-order valence-electron chi connectivity index (χ1n) is 9.75. The van der Waals surface area contributed by atoms with Crippen molar-refractivity contribution in [2.75, 3.05) is 24.5 Å². The molecule has 2 fully saturated rings. The molecule has 1 heterocycles. The molecule has 1 aromatic rings. The molecule has 0 spiro atoms. The summed E-state index contributed by atoms with van der Waals surface area (Å²) in [5.74, 6) is -0.176. The Morgan fingerprint density at radius 1 is 1.08 bits per heavy atom. The van der Waals surface area contributed by atoms with Crippen molar-refractivity contribution in [1.82, 2.24) is 10.6 Å². The van der Waals surface area contributed by atoms with E-state index in [1.165, 1.54) is 32.1 Å². The highest BCUT2D eigenvalue weighted by Crippen LogP contribution is 2.29. The summed E-state index contributed by atoms with van der Waals surface area (Å²) < 4.78 is 0. The number of rotatable bonds is 6. The van der Waals surface area contributed by atoms with Crippen LogP contribution in [-0.2, 0) is 4.79 Å². The second-order valence-corrected chi connectivity index (χ2v) is 7.68. The SMILES string of the molecule is O=C(CCNC(=O)c1ccc(N2CCCC2)c(Cl)c1)NC1CCCCC1. The van der Waals surface area contributed by atoms with E-state index in [0.717, 1.165) is 31.6 Å². The van der Waals surface area contributed by atoms with Gasteiger partial charge in [0, 0.05) is 37.7 Å². The molecule has 1 aromatic carbocycles. The van der Waals surface area contributed by atoms with Gasteiger partial charge in [0.05, 0.1) is 10.7 Å². The van der Waals surface area contributed by atoms with Crippen LogP contribution in [0, 0.1) is 0 Å². The quantitative estimate of drug-likeness (QED) is 0.797. The molecule has 1 aliphatic heterocycles. The molecule has 0 unspecified atom stereocenters. The predicted molar refractivity (Wildman–Crippen MR) is 105 cm³/mol. The standard InChI is InChI=1S/C20H28ClN3O2/c21-17-14-15(8-9-18(17)24-12-4-5-13-24)20(26)22-11-10-19(25)23-16-6-2-1-3-7-16/h8-9,14,16H,1-7,10-13H2,(H,22,26)(H,23,25). The molecule has 142 valence electrons. The van der Waals surface area contributed by atoms with E-state index in [1.54, 1.807) is 12.1 Å². The summed E-state index contributed by atoms with van der Waals surface area (Å²) in [5.41, 5.74) is 1.53. The molecule has 5 nitrogen and oxygen atoms in total.